The van der Waals surface area contributed by atoms with Crippen LogP contribution < -0.4 is 0 Å². The zero-order valence-corrected chi connectivity index (χ0v) is 15.0. The molecule has 0 spiro atoms. The fraction of sp³-hybridized carbons (Fsp3) is 0.190. The molecule has 0 aliphatic carbocycles. The molecule has 0 saturated carbocycles. The van der Waals surface area contributed by atoms with Crippen LogP contribution in [-0.2, 0) is 6.54 Å². The van der Waals surface area contributed by atoms with E-state index in [1.807, 2.05) is 24.6 Å². The smallest absolute Gasteiger partial charge is 0.206 e. The number of nitrogens with zero attached hydrogens (tertiary/aromatic N) is 3. The van der Waals surface area contributed by atoms with Crippen LogP contribution in [0.1, 0.15) is 38.4 Å². The van der Waals surface area contributed by atoms with Gasteiger partial charge in [-0.05, 0) is 38.5 Å². The quantitative estimate of drug-likeness (QED) is 0.394. The van der Waals surface area contributed by atoms with E-state index < -0.39 is 0 Å². The van der Waals surface area contributed by atoms with Crippen LogP contribution in [0.2, 0.25) is 0 Å². The normalized spacial score (nSPS) is 11.4. The monoisotopic (exact) mass is 345 g/mol. The van der Waals surface area contributed by atoms with Crippen molar-refractivity contribution in [3.8, 4) is 6.07 Å². The van der Waals surface area contributed by atoms with Gasteiger partial charge in [-0.3, -0.25) is 9.48 Å². The number of ketones is 1. The highest BCUT2D eigenvalue weighted by Crippen LogP contribution is 2.20. The van der Waals surface area contributed by atoms with Crippen LogP contribution in [-0.4, -0.2) is 15.6 Å². The minimum Gasteiger partial charge on any atom is -0.472 e. The first-order chi connectivity index (χ1) is 12.5. The number of benzene rings is 1. The fourth-order valence-electron chi connectivity index (χ4n) is 2.78. The van der Waals surface area contributed by atoms with Crippen LogP contribution >= 0.6 is 0 Å². The summed E-state index contributed by atoms with van der Waals surface area (Å²) in [4.78, 5) is 12.4. The number of rotatable bonds is 5. The number of carbonyl (C=O) groups excluding carboxylic acids is 1. The molecule has 2 heterocycles. The van der Waals surface area contributed by atoms with Crippen molar-refractivity contribution >= 4 is 11.9 Å². The van der Waals surface area contributed by atoms with Crippen molar-refractivity contribution in [3.05, 3.63) is 82.1 Å². The second kappa shape index (κ2) is 7.24. The van der Waals surface area contributed by atoms with Gasteiger partial charge in [0, 0.05) is 11.3 Å². The lowest BCUT2D eigenvalue weighted by atomic mass is 10.0. The predicted molar refractivity (Wildman–Crippen MR) is 98.6 cm³/mol. The molecule has 0 radical (unpaired) electrons. The molecule has 5 nitrogen and oxygen atoms in total. The number of aryl methyl sites for hydroxylation is 2. The van der Waals surface area contributed by atoms with E-state index in [9.17, 15) is 10.1 Å². The van der Waals surface area contributed by atoms with Gasteiger partial charge in [0.15, 0.2) is 0 Å². The molecule has 0 amide bonds. The number of Topliss-reactive ketones (excluding diaryl/α,β-unsaturated/α-hetero) is 1. The van der Waals surface area contributed by atoms with Crippen molar-refractivity contribution in [1.29, 1.82) is 5.26 Å². The van der Waals surface area contributed by atoms with Gasteiger partial charge in [0.2, 0.25) is 5.78 Å². The van der Waals surface area contributed by atoms with Crippen molar-refractivity contribution in [1.82, 2.24) is 9.78 Å². The maximum Gasteiger partial charge on any atom is 0.206 e. The Morgan fingerprint density at radius 1 is 1.23 bits per heavy atom. The van der Waals surface area contributed by atoms with Crippen molar-refractivity contribution < 1.29 is 9.21 Å². The Kier molecular flexibility index (Phi) is 4.85. The molecule has 0 bridgehead atoms. The first-order valence-electron chi connectivity index (χ1n) is 8.28. The minimum atomic E-state index is -0.355. The van der Waals surface area contributed by atoms with Crippen molar-refractivity contribution in [3.63, 3.8) is 0 Å². The first kappa shape index (κ1) is 17.4. The highest BCUT2D eigenvalue weighted by atomic mass is 16.3. The maximum atomic E-state index is 12.4. The molecule has 0 aliphatic rings. The zero-order valence-electron chi connectivity index (χ0n) is 15.0. The van der Waals surface area contributed by atoms with Crippen molar-refractivity contribution in [2.24, 2.45) is 0 Å². The van der Waals surface area contributed by atoms with Gasteiger partial charge < -0.3 is 4.42 Å². The number of nitriles is 1. The van der Waals surface area contributed by atoms with E-state index in [0.717, 1.165) is 22.5 Å². The van der Waals surface area contributed by atoms with Gasteiger partial charge in [0.1, 0.15) is 17.9 Å². The number of carbonyl (C=O) groups is 1. The standard InChI is InChI=1S/C21H19N3O2/c1-14-4-6-17(7-5-14)12-24-16(3)20(15(2)23-24)10-19(11-22)21(25)18-8-9-26-13-18/h4-10,13H,12H2,1-3H3. The van der Waals surface area contributed by atoms with Crippen molar-refractivity contribution in [2.75, 3.05) is 0 Å². The third-order valence-corrected chi connectivity index (χ3v) is 4.33. The third-order valence-electron chi connectivity index (χ3n) is 4.33. The zero-order chi connectivity index (χ0) is 18.7. The number of aromatic nitrogens is 2. The average molecular weight is 345 g/mol. The molecule has 5 heteroatoms. The Labute approximate surface area is 152 Å². The first-order valence-corrected chi connectivity index (χ1v) is 8.28. The number of hydrogen-bond donors (Lipinski definition) is 0. The fourth-order valence-corrected chi connectivity index (χ4v) is 2.78. The third kappa shape index (κ3) is 3.50. The van der Waals surface area contributed by atoms with Crippen LogP contribution in [0.3, 0.4) is 0 Å². The molecule has 0 aliphatic heterocycles. The van der Waals surface area contributed by atoms with Crippen molar-refractivity contribution in [2.45, 2.75) is 27.3 Å². The summed E-state index contributed by atoms with van der Waals surface area (Å²) in [5.74, 6) is -0.355. The molecular weight excluding hydrogens is 326 g/mol. The molecule has 3 rings (SSSR count). The van der Waals surface area contributed by atoms with E-state index in [1.165, 1.54) is 18.1 Å². The minimum absolute atomic E-state index is 0.0625. The van der Waals surface area contributed by atoms with Crippen LogP contribution in [0.4, 0.5) is 0 Å². The molecule has 0 atom stereocenters. The lowest BCUT2D eigenvalue weighted by Gasteiger charge is -2.05. The highest BCUT2D eigenvalue weighted by molar-refractivity contribution is 6.13. The van der Waals surface area contributed by atoms with E-state index in [-0.39, 0.29) is 11.4 Å². The molecule has 130 valence electrons. The van der Waals surface area contributed by atoms with E-state index in [0.29, 0.717) is 12.1 Å². The molecule has 0 unspecified atom stereocenters. The summed E-state index contributed by atoms with van der Waals surface area (Å²) in [5.41, 5.74) is 5.27. The van der Waals surface area contributed by atoms with Crippen LogP contribution in [0, 0.1) is 32.1 Å². The van der Waals surface area contributed by atoms with E-state index in [1.54, 1.807) is 12.1 Å². The Morgan fingerprint density at radius 3 is 2.58 bits per heavy atom. The molecule has 1 aromatic carbocycles. The lowest BCUT2D eigenvalue weighted by molar-refractivity contribution is 0.103. The van der Waals surface area contributed by atoms with E-state index in [2.05, 4.69) is 36.3 Å². The largest absolute Gasteiger partial charge is 0.472 e. The SMILES string of the molecule is Cc1ccc(Cn2nc(C)c(C=C(C#N)C(=O)c3ccoc3)c2C)cc1. The average Bonchev–Trinajstić information content (AvgIpc) is 3.25. The Hall–Kier alpha value is -3.39. The Bertz CT molecular complexity index is 1000. The summed E-state index contributed by atoms with van der Waals surface area (Å²) in [6, 6.07) is 11.8. The molecule has 0 N–H and O–H groups in total. The van der Waals surface area contributed by atoms with Gasteiger partial charge in [-0.2, -0.15) is 10.4 Å². The summed E-state index contributed by atoms with van der Waals surface area (Å²) in [6.45, 7) is 6.51. The number of hydrogen-bond acceptors (Lipinski definition) is 4. The van der Waals surface area contributed by atoms with Crippen LogP contribution in [0.5, 0.6) is 0 Å². The topological polar surface area (TPSA) is 71.8 Å². The second-order valence-electron chi connectivity index (χ2n) is 6.24. The molecule has 2 aromatic heterocycles. The summed E-state index contributed by atoms with van der Waals surface area (Å²) in [6.07, 6.45) is 4.37. The van der Waals surface area contributed by atoms with Gasteiger partial charge >= 0.3 is 0 Å². The van der Waals surface area contributed by atoms with Crippen LogP contribution in [0.15, 0.2) is 52.8 Å². The van der Waals surface area contributed by atoms with Crippen LogP contribution in [0.25, 0.3) is 6.08 Å². The maximum absolute atomic E-state index is 12.4. The summed E-state index contributed by atoms with van der Waals surface area (Å²) in [7, 11) is 0. The summed E-state index contributed by atoms with van der Waals surface area (Å²) < 4.78 is 6.82. The van der Waals surface area contributed by atoms with Gasteiger partial charge in [0.25, 0.3) is 0 Å². The second-order valence-corrected chi connectivity index (χ2v) is 6.24. The van der Waals surface area contributed by atoms with Gasteiger partial charge in [-0.1, -0.05) is 29.8 Å². The molecule has 3 aromatic rings. The van der Waals surface area contributed by atoms with Gasteiger partial charge in [0.05, 0.1) is 24.1 Å². The molecule has 26 heavy (non-hydrogen) atoms. The number of furan rings is 1. The molecular formula is C21H19N3O2. The summed E-state index contributed by atoms with van der Waals surface area (Å²) in [5, 5.41) is 14.0. The Balaban J connectivity index is 1.93. The molecule has 0 saturated heterocycles. The lowest BCUT2D eigenvalue weighted by Crippen LogP contribution is -2.04. The van der Waals surface area contributed by atoms with Gasteiger partial charge in [-0.25, -0.2) is 0 Å². The van der Waals surface area contributed by atoms with E-state index >= 15 is 0 Å². The Morgan fingerprint density at radius 2 is 1.96 bits per heavy atom. The highest BCUT2D eigenvalue weighted by Gasteiger charge is 2.16. The van der Waals surface area contributed by atoms with E-state index in [4.69, 9.17) is 4.42 Å². The predicted octanol–water partition coefficient (Wildman–Crippen LogP) is 4.24. The number of allylic oxidation sites excluding steroid dienone is 1. The summed E-state index contributed by atoms with van der Waals surface area (Å²) >= 11 is 0. The van der Waals surface area contributed by atoms with Gasteiger partial charge in [-0.15, -0.1) is 0 Å². The molecule has 0 fully saturated rings.